The third-order valence-corrected chi connectivity index (χ3v) is 3.68. The van der Waals surface area contributed by atoms with E-state index in [0.29, 0.717) is 10.4 Å². The molecule has 7 heteroatoms. The lowest BCUT2D eigenvalue weighted by molar-refractivity contribution is -0.385. The molecule has 0 bridgehead atoms. The molecule has 6 nitrogen and oxygen atoms in total. The van der Waals surface area contributed by atoms with Gasteiger partial charge in [-0.3, -0.25) is 14.9 Å². The van der Waals surface area contributed by atoms with Crippen molar-refractivity contribution in [3.8, 4) is 0 Å². The van der Waals surface area contributed by atoms with E-state index in [9.17, 15) is 19.7 Å². The molecule has 1 heterocycles. The molecule has 0 spiro atoms. The van der Waals surface area contributed by atoms with E-state index in [1.54, 1.807) is 17.5 Å². The van der Waals surface area contributed by atoms with Gasteiger partial charge in [-0.05, 0) is 24.4 Å². The van der Waals surface area contributed by atoms with Gasteiger partial charge in [0.15, 0.2) is 6.61 Å². The van der Waals surface area contributed by atoms with E-state index in [1.807, 2.05) is 0 Å². The molecular formula is C14H11NO5S. The summed E-state index contributed by atoms with van der Waals surface area (Å²) in [6.45, 7) is 1.09. The number of thiophene rings is 1. The number of esters is 1. The first-order chi connectivity index (χ1) is 10.0. The highest BCUT2D eigenvalue weighted by molar-refractivity contribution is 7.12. The van der Waals surface area contributed by atoms with Crippen molar-refractivity contribution in [1.29, 1.82) is 0 Å². The van der Waals surface area contributed by atoms with Crippen LogP contribution in [0, 0.1) is 17.0 Å². The number of hydrogen-bond donors (Lipinski definition) is 0. The Morgan fingerprint density at radius 1 is 1.29 bits per heavy atom. The van der Waals surface area contributed by atoms with Crippen LogP contribution in [0.3, 0.4) is 0 Å². The Labute approximate surface area is 124 Å². The van der Waals surface area contributed by atoms with E-state index in [-0.39, 0.29) is 17.0 Å². The predicted molar refractivity (Wildman–Crippen MR) is 76.8 cm³/mol. The van der Waals surface area contributed by atoms with Crippen molar-refractivity contribution in [2.24, 2.45) is 0 Å². The molecule has 0 atom stereocenters. The Bertz CT molecular complexity index is 693. The lowest BCUT2D eigenvalue weighted by Crippen LogP contribution is -2.15. The van der Waals surface area contributed by atoms with Crippen molar-refractivity contribution in [2.45, 2.75) is 6.92 Å². The van der Waals surface area contributed by atoms with E-state index < -0.39 is 17.5 Å². The van der Waals surface area contributed by atoms with Gasteiger partial charge in [0, 0.05) is 5.56 Å². The van der Waals surface area contributed by atoms with Crippen molar-refractivity contribution in [1.82, 2.24) is 0 Å². The number of Topliss-reactive ketones (excluding diaryl/α,β-unsaturated/α-hetero) is 1. The minimum absolute atomic E-state index is 0.154. The Morgan fingerprint density at radius 2 is 2.05 bits per heavy atom. The van der Waals surface area contributed by atoms with E-state index in [1.165, 1.54) is 36.5 Å². The van der Waals surface area contributed by atoms with Crippen molar-refractivity contribution in [2.75, 3.05) is 6.61 Å². The minimum atomic E-state index is -0.879. The third kappa shape index (κ3) is 3.32. The van der Waals surface area contributed by atoms with Crippen molar-refractivity contribution < 1.29 is 19.2 Å². The number of nitro groups is 1. The zero-order chi connectivity index (χ0) is 15.4. The Morgan fingerprint density at radius 3 is 2.67 bits per heavy atom. The van der Waals surface area contributed by atoms with Crippen LogP contribution in [0.2, 0.25) is 0 Å². The molecule has 0 N–H and O–H groups in total. The van der Waals surface area contributed by atoms with Crippen LogP contribution in [0.1, 0.15) is 25.6 Å². The van der Waals surface area contributed by atoms with Crippen LogP contribution in [0.25, 0.3) is 0 Å². The van der Waals surface area contributed by atoms with E-state index >= 15 is 0 Å². The van der Waals surface area contributed by atoms with Crippen LogP contribution in [0.5, 0.6) is 0 Å². The Balaban J connectivity index is 2.13. The summed E-state index contributed by atoms with van der Waals surface area (Å²) in [5.41, 5.74) is -0.0934. The van der Waals surface area contributed by atoms with Gasteiger partial charge < -0.3 is 4.74 Å². The fourth-order valence-electron chi connectivity index (χ4n) is 1.78. The van der Waals surface area contributed by atoms with Crippen molar-refractivity contribution in [3.05, 3.63) is 61.8 Å². The minimum Gasteiger partial charge on any atom is -0.453 e. The van der Waals surface area contributed by atoms with Crippen molar-refractivity contribution in [3.63, 3.8) is 0 Å². The van der Waals surface area contributed by atoms with Crippen LogP contribution in [-0.2, 0) is 4.74 Å². The van der Waals surface area contributed by atoms with Gasteiger partial charge in [0.05, 0.1) is 9.80 Å². The number of hydrogen-bond acceptors (Lipinski definition) is 6. The summed E-state index contributed by atoms with van der Waals surface area (Å²) in [6.07, 6.45) is 0. The maximum atomic E-state index is 11.9. The summed E-state index contributed by atoms with van der Waals surface area (Å²) in [5, 5.41) is 12.7. The summed E-state index contributed by atoms with van der Waals surface area (Å²) in [7, 11) is 0. The van der Waals surface area contributed by atoms with Gasteiger partial charge in [-0.25, -0.2) is 4.79 Å². The summed E-state index contributed by atoms with van der Waals surface area (Å²) in [5.74, 6) is -1.22. The number of benzene rings is 1. The van der Waals surface area contributed by atoms with Crippen LogP contribution in [0.15, 0.2) is 35.7 Å². The lowest BCUT2D eigenvalue weighted by Gasteiger charge is -2.05. The lowest BCUT2D eigenvalue weighted by atomic mass is 10.1. The summed E-state index contributed by atoms with van der Waals surface area (Å²) in [4.78, 5) is 34.5. The molecular weight excluding hydrogens is 294 g/mol. The monoisotopic (exact) mass is 305 g/mol. The quantitative estimate of drug-likeness (QED) is 0.367. The second kappa shape index (κ2) is 6.27. The molecule has 21 heavy (non-hydrogen) atoms. The number of nitro benzene ring substituents is 1. The summed E-state index contributed by atoms with van der Waals surface area (Å²) >= 11 is 1.24. The highest BCUT2D eigenvalue weighted by atomic mass is 32.1. The zero-order valence-electron chi connectivity index (χ0n) is 11.1. The molecule has 2 aromatic rings. The molecule has 2 rings (SSSR count). The zero-order valence-corrected chi connectivity index (χ0v) is 11.9. The second-order valence-corrected chi connectivity index (χ2v) is 5.15. The van der Waals surface area contributed by atoms with Gasteiger partial charge in [0.2, 0.25) is 5.78 Å². The van der Waals surface area contributed by atoms with Gasteiger partial charge in [-0.1, -0.05) is 18.2 Å². The van der Waals surface area contributed by atoms with Crippen molar-refractivity contribution >= 4 is 28.8 Å². The molecule has 0 saturated carbocycles. The summed E-state index contributed by atoms with van der Waals surface area (Å²) < 4.78 is 4.87. The number of ether oxygens (including phenoxy) is 1. The van der Waals surface area contributed by atoms with Gasteiger partial charge in [0.25, 0.3) is 5.69 Å². The second-order valence-electron chi connectivity index (χ2n) is 4.20. The van der Waals surface area contributed by atoms with E-state index in [4.69, 9.17) is 4.74 Å². The van der Waals surface area contributed by atoms with Crippen LogP contribution in [0.4, 0.5) is 5.69 Å². The first-order valence-electron chi connectivity index (χ1n) is 5.98. The molecule has 0 saturated heterocycles. The molecule has 0 fully saturated rings. The number of aryl methyl sites for hydroxylation is 1. The number of rotatable bonds is 5. The fourth-order valence-corrected chi connectivity index (χ4v) is 2.43. The Kier molecular flexibility index (Phi) is 4.44. The molecule has 0 unspecified atom stereocenters. The maximum Gasteiger partial charge on any atom is 0.345 e. The van der Waals surface area contributed by atoms with Crippen LogP contribution < -0.4 is 0 Å². The molecule has 0 radical (unpaired) electrons. The molecule has 1 aromatic carbocycles. The first kappa shape index (κ1) is 14.9. The Hall–Kier alpha value is -2.54. The number of carbonyl (C=O) groups is 2. The molecule has 0 aliphatic rings. The van der Waals surface area contributed by atoms with Gasteiger partial charge in [0.1, 0.15) is 5.56 Å². The largest absolute Gasteiger partial charge is 0.453 e. The highest BCUT2D eigenvalue weighted by Crippen LogP contribution is 2.23. The molecule has 0 aliphatic carbocycles. The normalized spacial score (nSPS) is 10.1. The third-order valence-electron chi connectivity index (χ3n) is 2.77. The molecule has 1 aromatic heterocycles. The SMILES string of the molecule is Cc1cccc(C(=O)OCC(=O)c2cccs2)c1[N+](=O)[O-]. The van der Waals surface area contributed by atoms with Gasteiger partial charge >= 0.3 is 5.97 Å². The number of carbonyl (C=O) groups excluding carboxylic acids is 2. The van der Waals surface area contributed by atoms with E-state index in [0.717, 1.165) is 0 Å². The number of para-hydroxylation sites is 1. The average molecular weight is 305 g/mol. The standard InChI is InChI=1S/C14H11NO5S/c1-9-4-2-5-10(13(9)15(18)19)14(17)20-8-11(16)12-6-3-7-21-12/h2-7H,8H2,1H3. The van der Waals surface area contributed by atoms with Crippen LogP contribution >= 0.6 is 11.3 Å². The van der Waals surface area contributed by atoms with Gasteiger partial charge in [-0.2, -0.15) is 0 Å². The van der Waals surface area contributed by atoms with Gasteiger partial charge in [-0.15, -0.1) is 11.3 Å². The maximum absolute atomic E-state index is 11.9. The molecule has 108 valence electrons. The summed E-state index contributed by atoms with van der Waals surface area (Å²) in [6, 6.07) is 7.70. The number of ketones is 1. The van der Waals surface area contributed by atoms with E-state index in [2.05, 4.69) is 0 Å². The average Bonchev–Trinajstić information content (AvgIpc) is 2.97. The topological polar surface area (TPSA) is 86.5 Å². The fraction of sp³-hybridized carbons (Fsp3) is 0.143. The number of nitrogens with zero attached hydrogens (tertiary/aromatic N) is 1. The van der Waals surface area contributed by atoms with Crippen LogP contribution in [-0.4, -0.2) is 23.3 Å². The predicted octanol–water partition coefficient (Wildman–Crippen LogP) is 3.00. The molecule has 0 amide bonds. The first-order valence-corrected chi connectivity index (χ1v) is 6.86. The molecule has 0 aliphatic heterocycles. The highest BCUT2D eigenvalue weighted by Gasteiger charge is 2.24. The smallest absolute Gasteiger partial charge is 0.345 e.